The third-order valence-electron chi connectivity index (χ3n) is 1.81. The summed E-state index contributed by atoms with van der Waals surface area (Å²) in [4.78, 5) is 11.1. The molecule has 0 radical (unpaired) electrons. The molecular formula is C8H18O2Si. The van der Waals surface area contributed by atoms with Crippen molar-refractivity contribution in [2.24, 2.45) is 5.92 Å². The van der Waals surface area contributed by atoms with Gasteiger partial charge in [-0.05, 0) is 12.8 Å². The van der Waals surface area contributed by atoms with Gasteiger partial charge in [0.15, 0.2) is 0 Å². The summed E-state index contributed by atoms with van der Waals surface area (Å²) in [6.07, 6.45) is 4.10. The van der Waals surface area contributed by atoms with Crippen molar-refractivity contribution in [1.29, 1.82) is 0 Å². The Kier molecular flexibility index (Phi) is 6.22. The van der Waals surface area contributed by atoms with Gasteiger partial charge in [0.2, 0.25) is 10.5 Å². The van der Waals surface area contributed by atoms with Crippen molar-refractivity contribution in [3.05, 3.63) is 0 Å². The van der Waals surface area contributed by atoms with E-state index in [1.807, 2.05) is 0 Å². The first-order valence-electron chi connectivity index (χ1n) is 4.34. The van der Waals surface area contributed by atoms with E-state index in [4.69, 9.17) is 4.43 Å². The van der Waals surface area contributed by atoms with Crippen LogP contribution in [0.3, 0.4) is 0 Å². The predicted octanol–water partition coefficient (Wildman–Crippen LogP) is 1.03. The zero-order valence-corrected chi connectivity index (χ0v) is 9.72. The van der Waals surface area contributed by atoms with E-state index >= 15 is 0 Å². The van der Waals surface area contributed by atoms with Crippen molar-refractivity contribution in [3.63, 3.8) is 0 Å². The second-order valence-electron chi connectivity index (χ2n) is 2.80. The molecule has 0 aromatic heterocycles. The molecule has 0 aromatic rings. The molecule has 3 heteroatoms. The first-order chi connectivity index (χ1) is 5.26. The highest BCUT2D eigenvalue weighted by atomic mass is 28.2. The first kappa shape index (κ1) is 10.7. The molecule has 0 bridgehead atoms. The Morgan fingerprint density at radius 2 is 1.82 bits per heavy atom. The average molecular weight is 174 g/mol. The highest BCUT2D eigenvalue weighted by Gasteiger charge is 2.15. The van der Waals surface area contributed by atoms with E-state index in [0.29, 0.717) is 10.5 Å². The molecule has 0 aliphatic carbocycles. The highest BCUT2D eigenvalue weighted by Crippen LogP contribution is 2.14. The molecule has 0 saturated carbocycles. The first-order valence-corrected chi connectivity index (χ1v) is 5.15. The normalized spacial score (nSPS) is 10.5. The number of hydrogen-bond donors (Lipinski definition) is 0. The number of hydrogen-bond acceptors (Lipinski definition) is 2. The van der Waals surface area contributed by atoms with Crippen LogP contribution in [0, 0.1) is 5.92 Å². The SMILES string of the molecule is CCCC(CCC)C(=O)O[SiH3]. The van der Waals surface area contributed by atoms with Gasteiger partial charge < -0.3 is 4.43 Å². The van der Waals surface area contributed by atoms with E-state index in [0.717, 1.165) is 25.7 Å². The smallest absolute Gasteiger partial charge is 0.294 e. The molecule has 0 atom stereocenters. The van der Waals surface area contributed by atoms with Gasteiger partial charge in [0, 0.05) is 0 Å². The molecule has 0 fully saturated rings. The van der Waals surface area contributed by atoms with Gasteiger partial charge >= 0.3 is 0 Å². The van der Waals surface area contributed by atoms with E-state index < -0.39 is 0 Å². The standard InChI is InChI=1S/C8H18O2Si/c1-3-5-7(6-4-2)8(9)10-11/h7H,3-6H2,1-2,11H3. The van der Waals surface area contributed by atoms with Crippen molar-refractivity contribution in [2.45, 2.75) is 39.5 Å². The second-order valence-corrected chi connectivity index (χ2v) is 3.21. The zero-order chi connectivity index (χ0) is 8.69. The summed E-state index contributed by atoms with van der Waals surface area (Å²) in [5.41, 5.74) is 0. The number of rotatable bonds is 5. The topological polar surface area (TPSA) is 26.3 Å². The molecule has 0 amide bonds. The Labute approximate surface area is 71.9 Å². The Morgan fingerprint density at radius 3 is 2.09 bits per heavy atom. The highest BCUT2D eigenvalue weighted by molar-refractivity contribution is 6.05. The van der Waals surface area contributed by atoms with E-state index in [9.17, 15) is 4.79 Å². The van der Waals surface area contributed by atoms with Crippen LogP contribution in [-0.4, -0.2) is 16.5 Å². The van der Waals surface area contributed by atoms with Gasteiger partial charge in [0.05, 0.1) is 5.92 Å². The van der Waals surface area contributed by atoms with Crippen LogP contribution in [0.25, 0.3) is 0 Å². The number of carbonyl (C=O) groups excluding carboxylic acids is 1. The van der Waals surface area contributed by atoms with Crippen LogP contribution in [0.2, 0.25) is 0 Å². The molecule has 0 unspecified atom stereocenters. The molecule has 11 heavy (non-hydrogen) atoms. The van der Waals surface area contributed by atoms with Crippen molar-refractivity contribution in [3.8, 4) is 0 Å². The van der Waals surface area contributed by atoms with Crippen molar-refractivity contribution < 1.29 is 9.22 Å². The van der Waals surface area contributed by atoms with Crippen LogP contribution >= 0.6 is 0 Å². The van der Waals surface area contributed by atoms with Gasteiger partial charge in [-0.25, -0.2) is 0 Å². The summed E-state index contributed by atoms with van der Waals surface area (Å²) < 4.78 is 4.82. The van der Waals surface area contributed by atoms with E-state index in [1.165, 1.54) is 0 Å². The quantitative estimate of drug-likeness (QED) is 0.582. The van der Waals surface area contributed by atoms with Crippen molar-refractivity contribution in [1.82, 2.24) is 0 Å². The molecule has 0 aromatic carbocycles. The lowest BCUT2D eigenvalue weighted by atomic mass is 9.99. The summed E-state index contributed by atoms with van der Waals surface area (Å²) in [6, 6.07) is 0. The maximum Gasteiger partial charge on any atom is 0.294 e. The number of carbonyl (C=O) groups is 1. The maximum atomic E-state index is 11.1. The van der Waals surface area contributed by atoms with E-state index in [-0.39, 0.29) is 11.9 Å². The Hall–Kier alpha value is -0.313. The van der Waals surface area contributed by atoms with Gasteiger partial charge in [-0.3, -0.25) is 4.79 Å². The van der Waals surface area contributed by atoms with Crippen LogP contribution in [-0.2, 0) is 9.22 Å². The third kappa shape index (κ3) is 4.19. The van der Waals surface area contributed by atoms with Gasteiger partial charge in [-0.1, -0.05) is 26.7 Å². The van der Waals surface area contributed by atoms with E-state index in [2.05, 4.69) is 13.8 Å². The lowest BCUT2D eigenvalue weighted by Crippen LogP contribution is -2.16. The molecule has 0 spiro atoms. The van der Waals surface area contributed by atoms with Crippen LogP contribution in [0.15, 0.2) is 0 Å². The van der Waals surface area contributed by atoms with Crippen LogP contribution in [0.1, 0.15) is 39.5 Å². The van der Waals surface area contributed by atoms with Crippen LogP contribution in [0.4, 0.5) is 0 Å². The molecule has 0 N–H and O–H groups in total. The fraction of sp³-hybridized carbons (Fsp3) is 0.875. The summed E-state index contributed by atoms with van der Waals surface area (Å²) in [7, 11) is 0.535. The Morgan fingerprint density at radius 1 is 1.36 bits per heavy atom. The second kappa shape index (κ2) is 6.40. The monoisotopic (exact) mass is 174 g/mol. The lowest BCUT2D eigenvalue weighted by Gasteiger charge is -2.11. The van der Waals surface area contributed by atoms with E-state index in [1.54, 1.807) is 0 Å². The largest absolute Gasteiger partial charge is 0.529 e. The molecule has 0 aliphatic heterocycles. The fourth-order valence-electron chi connectivity index (χ4n) is 1.24. The molecule has 0 aliphatic rings. The predicted molar refractivity (Wildman–Crippen MR) is 49.3 cm³/mol. The molecule has 0 heterocycles. The molecule has 0 saturated heterocycles. The van der Waals surface area contributed by atoms with Gasteiger partial charge in [-0.15, -0.1) is 0 Å². The van der Waals surface area contributed by atoms with Crippen LogP contribution in [0.5, 0.6) is 0 Å². The minimum Gasteiger partial charge on any atom is -0.529 e. The summed E-state index contributed by atoms with van der Waals surface area (Å²) in [5.74, 6) is 0.183. The van der Waals surface area contributed by atoms with Crippen molar-refractivity contribution >= 4 is 16.5 Å². The van der Waals surface area contributed by atoms with Gasteiger partial charge in [0.1, 0.15) is 0 Å². The molecule has 2 nitrogen and oxygen atoms in total. The lowest BCUT2D eigenvalue weighted by molar-refractivity contribution is -0.139. The van der Waals surface area contributed by atoms with Crippen LogP contribution < -0.4 is 0 Å². The van der Waals surface area contributed by atoms with Crippen molar-refractivity contribution in [2.75, 3.05) is 0 Å². The van der Waals surface area contributed by atoms with Gasteiger partial charge in [-0.2, -0.15) is 0 Å². The van der Waals surface area contributed by atoms with Gasteiger partial charge in [0.25, 0.3) is 5.97 Å². The molecule has 0 rings (SSSR count). The summed E-state index contributed by atoms with van der Waals surface area (Å²) >= 11 is 0. The minimum atomic E-state index is 0.0142. The Balaban J connectivity index is 3.76. The minimum absolute atomic E-state index is 0.0142. The fourth-order valence-corrected chi connectivity index (χ4v) is 1.58. The average Bonchev–Trinajstić information content (AvgIpc) is 2.03. The summed E-state index contributed by atoms with van der Waals surface area (Å²) in [5, 5.41) is 0. The molecular weight excluding hydrogens is 156 g/mol. The zero-order valence-electron chi connectivity index (χ0n) is 7.72. The molecule has 66 valence electrons. The third-order valence-corrected chi connectivity index (χ3v) is 2.21. The summed E-state index contributed by atoms with van der Waals surface area (Å²) in [6.45, 7) is 4.20. The Bertz CT molecular complexity index is 109. The maximum absolute atomic E-state index is 11.1.